The van der Waals surface area contributed by atoms with Gasteiger partial charge in [0.2, 0.25) is 0 Å². The normalized spacial score (nSPS) is 10.6. The second-order valence-electron chi connectivity index (χ2n) is 3.39. The van der Waals surface area contributed by atoms with Crippen LogP contribution in [0.5, 0.6) is 0 Å². The number of ether oxygens (including phenoxy) is 1. The van der Waals surface area contributed by atoms with E-state index in [-0.39, 0.29) is 0 Å². The summed E-state index contributed by atoms with van der Waals surface area (Å²) in [6.45, 7) is 1.04. The fraction of sp³-hybridized carbons (Fsp3) is 0.250. The van der Waals surface area contributed by atoms with Crippen LogP contribution in [0, 0.1) is 0 Å². The van der Waals surface area contributed by atoms with Gasteiger partial charge in [0.05, 0.1) is 12.3 Å². The van der Waals surface area contributed by atoms with E-state index in [0.717, 1.165) is 21.1 Å². The average molecular weight is 234 g/mol. The molecule has 2 aromatic rings. The van der Waals surface area contributed by atoms with E-state index >= 15 is 0 Å². The molecular weight excluding hydrogens is 220 g/mol. The number of nitrogens with zero attached hydrogens (tertiary/aromatic N) is 1. The highest BCUT2D eigenvalue weighted by atomic mass is 32.1. The van der Waals surface area contributed by atoms with Crippen LogP contribution in [0.4, 0.5) is 0 Å². The van der Waals surface area contributed by atoms with Crippen molar-refractivity contribution in [3.8, 4) is 10.6 Å². The lowest BCUT2D eigenvalue weighted by Crippen LogP contribution is -1.99. The maximum Gasteiger partial charge on any atom is 0.124 e. The molecule has 0 saturated carbocycles. The number of rotatable bonds is 4. The smallest absolute Gasteiger partial charge is 0.124 e. The highest BCUT2D eigenvalue weighted by Gasteiger charge is 2.10. The lowest BCUT2D eigenvalue weighted by Gasteiger charge is -1.96. The number of hydrogen-bond acceptors (Lipinski definition) is 4. The molecule has 84 valence electrons. The third kappa shape index (κ3) is 2.29. The molecule has 0 radical (unpaired) electrons. The molecule has 0 aliphatic rings. The van der Waals surface area contributed by atoms with Crippen LogP contribution in [0.25, 0.3) is 10.6 Å². The Labute approximate surface area is 98.9 Å². The Morgan fingerprint density at radius 2 is 2.06 bits per heavy atom. The largest absolute Gasteiger partial charge is 0.378 e. The molecule has 0 amide bonds. The third-order valence-electron chi connectivity index (χ3n) is 2.27. The number of methoxy groups -OCH3 is 1. The fourth-order valence-electron chi connectivity index (χ4n) is 1.50. The maximum atomic E-state index is 5.69. The van der Waals surface area contributed by atoms with Crippen molar-refractivity contribution in [3.05, 3.63) is 40.9 Å². The first kappa shape index (κ1) is 11.3. The van der Waals surface area contributed by atoms with Gasteiger partial charge in [-0.2, -0.15) is 0 Å². The van der Waals surface area contributed by atoms with E-state index in [1.807, 2.05) is 18.2 Å². The molecule has 0 atom stereocenters. The highest BCUT2D eigenvalue weighted by Crippen LogP contribution is 2.27. The Balaban J connectivity index is 2.36. The summed E-state index contributed by atoms with van der Waals surface area (Å²) in [7, 11) is 1.67. The Morgan fingerprint density at radius 3 is 2.69 bits per heavy atom. The summed E-state index contributed by atoms with van der Waals surface area (Å²) in [6, 6.07) is 10.1. The molecule has 0 spiro atoms. The van der Waals surface area contributed by atoms with Crippen LogP contribution in [-0.2, 0) is 17.9 Å². The molecule has 0 saturated heterocycles. The van der Waals surface area contributed by atoms with E-state index < -0.39 is 0 Å². The summed E-state index contributed by atoms with van der Waals surface area (Å²) in [4.78, 5) is 5.65. The minimum Gasteiger partial charge on any atom is -0.378 e. The Morgan fingerprint density at radius 1 is 1.31 bits per heavy atom. The lowest BCUT2D eigenvalue weighted by atomic mass is 10.2. The topological polar surface area (TPSA) is 48.1 Å². The van der Waals surface area contributed by atoms with Gasteiger partial charge >= 0.3 is 0 Å². The molecular formula is C12H14N2OS. The zero-order valence-corrected chi connectivity index (χ0v) is 9.96. The Kier molecular flexibility index (Phi) is 3.66. The van der Waals surface area contributed by atoms with Crippen molar-refractivity contribution in [2.24, 2.45) is 5.73 Å². The van der Waals surface area contributed by atoms with Crippen LogP contribution in [0.3, 0.4) is 0 Å². The summed E-state index contributed by atoms with van der Waals surface area (Å²) in [5.74, 6) is 0. The molecule has 0 aliphatic carbocycles. The minimum atomic E-state index is 0.517. The van der Waals surface area contributed by atoms with Gasteiger partial charge in [0.15, 0.2) is 0 Å². The zero-order chi connectivity index (χ0) is 11.4. The van der Waals surface area contributed by atoms with Crippen LogP contribution in [0.1, 0.15) is 10.6 Å². The number of thiazole rings is 1. The second kappa shape index (κ2) is 5.21. The van der Waals surface area contributed by atoms with Gasteiger partial charge in [-0.25, -0.2) is 4.98 Å². The molecule has 0 fully saturated rings. The van der Waals surface area contributed by atoms with E-state index in [0.29, 0.717) is 13.2 Å². The third-order valence-corrected chi connectivity index (χ3v) is 3.43. The first-order chi connectivity index (χ1) is 7.85. The Bertz CT molecular complexity index is 453. The predicted octanol–water partition coefficient (Wildman–Crippen LogP) is 2.42. The summed E-state index contributed by atoms with van der Waals surface area (Å²) >= 11 is 1.64. The SMILES string of the molecule is COCc1nc(-c2ccccc2)sc1CN. The number of hydrogen-bond donors (Lipinski definition) is 1. The van der Waals surface area contributed by atoms with E-state index in [1.165, 1.54) is 0 Å². The molecule has 2 rings (SSSR count). The Hall–Kier alpha value is -1.23. The van der Waals surface area contributed by atoms with Crippen LogP contribution in [0.2, 0.25) is 0 Å². The van der Waals surface area contributed by atoms with Gasteiger partial charge in [0, 0.05) is 24.1 Å². The number of benzene rings is 1. The van der Waals surface area contributed by atoms with Gasteiger partial charge in [-0.05, 0) is 0 Å². The van der Waals surface area contributed by atoms with Crippen molar-refractivity contribution in [3.63, 3.8) is 0 Å². The molecule has 1 aromatic heterocycles. The standard InChI is InChI=1S/C12H14N2OS/c1-15-8-10-11(7-13)16-12(14-10)9-5-3-2-4-6-9/h2-6H,7-8,13H2,1H3. The number of nitrogens with two attached hydrogens (primary N) is 1. The van der Waals surface area contributed by atoms with Crippen molar-refractivity contribution in [1.82, 2.24) is 4.98 Å². The van der Waals surface area contributed by atoms with Crippen molar-refractivity contribution < 1.29 is 4.74 Å². The van der Waals surface area contributed by atoms with Gasteiger partial charge in [-0.3, -0.25) is 0 Å². The molecule has 2 N–H and O–H groups in total. The van der Waals surface area contributed by atoms with Crippen molar-refractivity contribution in [2.45, 2.75) is 13.2 Å². The number of aromatic nitrogens is 1. The fourth-order valence-corrected chi connectivity index (χ4v) is 2.45. The molecule has 3 nitrogen and oxygen atoms in total. The van der Waals surface area contributed by atoms with Gasteiger partial charge in [-0.1, -0.05) is 30.3 Å². The average Bonchev–Trinajstić information content (AvgIpc) is 2.74. The van der Waals surface area contributed by atoms with Crippen LogP contribution in [0.15, 0.2) is 30.3 Å². The molecule has 0 unspecified atom stereocenters. The molecule has 1 aromatic carbocycles. The summed E-state index contributed by atoms with van der Waals surface area (Å²) in [5.41, 5.74) is 7.77. The predicted molar refractivity (Wildman–Crippen MR) is 66.2 cm³/mol. The van der Waals surface area contributed by atoms with Gasteiger partial charge in [0.25, 0.3) is 0 Å². The van der Waals surface area contributed by atoms with E-state index in [4.69, 9.17) is 10.5 Å². The first-order valence-electron chi connectivity index (χ1n) is 5.08. The van der Waals surface area contributed by atoms with E-state index in [1.54, 1.807) is 18.4 Å². The van der Waals surface area contributed by atoms with Crippen molar-refractivity contribution >= 4 is 11.3 Å². The summed E-state index contributed by atoms with van der Waals surface area (Å²) in [6.07, 6.45) is 0. The zero-order valence-electron chi connectivity index (χ0n) is 9.14. The molecule has 0 aliphatic heterocycles. The first-order valence-corrected chi connectivity index (χ1v) is 5.89. The monoisotopic (exact) mass is 234 g/mol. The summed E-state index contributed by atoms with van der Waals surface area (Å²) < 4.78 is 5.11. The molecule has 1 heterocycles. The summed E-state index contributed by atoms with van der Waals surface area (Å²) in [5, 5.41) is 1.01. The molecule has 0 bridgehead atoms. The minimum absolute atomic E-state index is 0.517. The van der Waals surface area contributed by atoms with Crippen LogP contribution in [-0.4, -0.2) is 12.1 Å². The van der Waals surface area contributed by atoms with E-state index in [9.17, 15) is 0 Å². The van der Waals surface area contributed by atoms with Crippen LogP contribution < -0.4 is 5.73 Å². The van der Waals surface area contributed by atoms with Crippen molar-refractivity contribution in [2.75, 3.05) is 7.11 Å². The second-order valence-corrected chi connectivity index (χ2v) is 4.48. The van der Waals surface area contributed by atoms with Gasteiger partial charge in [0.1, 0.15) is 5.01 Å². The highest BCUT2D eigenvalue weighted by molar-refractivity contribution is 7.15. The maximum absolute atomic E-state index is 5.69. The lowest BCUT2D eigenvalue weighted by molar-refractivity contribution is 0.181. The van der Waals surface area contributed by atoms with E-state index in [2.05, 4.69) is 17.1 Å². The molecule has 16 heavy (non-hydrogen) atoms. The quantitative estimate of drug-likeness (QED) is 0.883. The van der Waals surface area contributed by atoms with Crippen molar-refractivity contribution in [1.29, 1.82) is 0 Å². The van der Waals surface area contributed by atoms with Crippen LogP contribution >= 0.6 is 11.3 Å². The molecule has 4 heteroatoms. The van der Waals surface area contributed by atoms with Gasteiger partial charge in [-0.15, -0.1) is 11.3 Å². The van der Waals surface area contributed by atoms with Gasteiger partial charge < -0.3 is 10.5 Å².